The van der Waals surface area contributed by atoms with E-state index in [2.05, 4.69) is 0 Å². The first-order valence-electron chi connectivity index (χ1n) is 8.62. The van der Waals surface area contributed by atoms with E-state index in [4.69, 9.17) is 4.74 Å². The van der Waals surface area contributed by atoms with Crippen LogP contribution in [0, 0.1) is 0 Å². The van der Waals surface area contributed by atoms with Crippen LogP contribution in [0.15, 0.2) is 60.7 Å². The van der Waals surface area contributed by atoms with E-state index in [1.165, 1.54) is 0 Å². The third kappa shape index (κ3) is 5.19. The van der Waals surface area contributed by atoms with Crippen molar-refractivity contribution in [3.63, 3.8) is 0 Å². The summed E-state index contributed by atoms with van der Waals surface area (Å²) in [6.07, 6.45) is 4.46. The van der Waals surface area contributed by atoms with Gasteiger partial charge < -0.3 is 14.7 Å². The molecule has 1 fully saturated rings. The molecule has 0 atom stereocenters. The number of nitrogens with zero attached hydrogens (tertiary/aromatic N) is 1. The van der Waals surface area contributed by atoms with Crippen LogP contribution in [0.1, 0.15) is 24.0 Å². The number of hydrogen-bond acceptors (Lipinski definition) is 3. The quantitative estimate of drug-likeness (QED) is 0.852. The summed E-state index contributed by atoms with van der Waals surface area (Å²) < 4.78 is 5.75. The van der Waals surface area contributed by atoms with Crippen LogP contribution in [0.25, 0.3) is 6.08 Å². The number of benzene rings is 2. The lowest BCUT2D eigenvalue weighted by molar-refractivity contribution is -0.127. The molecular formula is C21H23NO3. The van der Waals surface area contributed by atoms with Crippen molar-refractivity contribution in [3.05, 3.63) is 71.8 Å². The van der Waals surface area contributed by atoms with Gasteiger partial charge in [-0.05, 0) is 42.2 Å². The number of amides is 1. The Hall–Kier alpha value is -2.59. The first-order chi connectivity index (χ1) is 12.2. The maximum absolute atomic E-state index is 12.1. The Bertz CT molecular complexity index is 702. The van der Waals surface area contributed by atoms with Crippen molar-refractivity contribution >= 4 is 12.0 Å². The zero-order chi connectivity index (χ0) is 17.5. The average Bonchev–Trinajstić information content (AvgIpc) is 2.67. The highest BCUT2D eigenvalue weighted by molar-refractivity contribution is 5.91. The molecule has 1 N–H and O–H groups in total. The summed E-state index contributed by atoms with van der Waals surface area (Å²) in [5.41, 5.74) is 2.08. The predicted molar refractivity (Wildman–Crippen MR) is 98.1 cm³/mol. The lowest BCUT2D eigenvalue weighted by Gasteiger charge is -2.28. The van der Waals surface area contributed by atoms with Crippen LogP contribution in [0.4, 0.5) is 0 Å². The van der Waals surface area contributed by atoms with Crippen LogP contribution < -0.4 is 4.74 Å². The molecule has 0 unspecified atom stereocenters. The van der Waals surface area contributed by atoms with E-state index in [0.717, 1.165) is 16.9 Å². The number of carbonyl (C=O) groups excluding carboxylic acids is 1. The molecule has 25 heavy (non-hydrogen) atoms. The summed E-state index contributed by atoms with van der Waals surface area (Å²) >= 11 is 0. The van der Waals surface area contributed by atoms with Gasteiger partial charge in [-0.15, -0.1) is 0 Å². The number of piperidine rings is 1. The van der Waals surface area contributed by atoms with Crippen LogP contribution in [0.2, 0.25) is 0 Å². The van der Waals surface area contributed by atoms with Gasteiger partial charge in [0, 0.05) is 19.2 Å². The van der Waals surface area contributed by atoms with Gasteiger partial charge in [-0.25, -0.2) is 0 Å². The third-order valence-electron chi connectivity index (χ3n) is 4.32. The molecule has 1 amide bonds. The van der Waals surface area contributed by atoms with Gasteiger partial charge >= 0.3 is 0 Å². The van der Waals surface area contributed by atoms with Crippen LogP contribution in [0.5, 0.6) is 5.75 Å². The normalized spacial score (nSPS) is 15.5. The molecule has 1 aliphatic heterocycles. The third-order valence-corrected chi connectivity index (χ3v) is 4.32. The van der Waals surface area contributed by atoms with E-state index in [0.29, 0.717) is 32.5 Å². The summed E-state index contributed by atoms with van der Waals surface area (Å²) in [5.74, 6) is 0.800. The topological polar surface area (TPSA) is 49.8 Å². The smallest absolute Gasteiger partial charge is 0.246 e. The Morgan fingerprint density at radius 3 is 2.44 bits per heavy atom. The largest absolute Gasteiger partial charge is 0.489 e. The molecule has 0 radical (unpaired) electrons. The molecule has 0 spiro atoms. The van der Waals surface area contributed by atoms with Crippen LogP contribution >= 0.6 is 0 Å². The molecule has 2 aromatic rings. The molecule has 1 saturated heterocycles. The molecule has 0 bridgehead atoms. The summed E-state index contributed by atoms with van der Waals surface area (Å²) in [6, 6.07) is 17.7. The van der Waals surface area contributed by atoms with E-state index < -0.39 is 0 Å². The Morgan fingerprint density at radius 2 is 1.76 bits per heavy atom. The summed E-state index contributed by atoms with van der Waals surface area (Å²) in [6.45, 7) is 1.78. The molecule has 4 nitrogen and oxygen atoms in total. The molecule has 0 aliphatic carbocycles. The molecule has 0 aromatic heterocycles. The van der Waals surface area contributed by atoms with Crippen molar-refractivity contribution in [2.75, 3.05) is 13.1 Å². The van der Waals surface area contributed by atoms with Gasteiger partial charge in [0.05, 0.1) is 6.10 Å². The maximum atomic E-state index is 12.1. The van der Waals surface area contributed by atoms with Gasteiger partial charge in [-0.2, -0.15) is 0 Å². The number of aliphatic hydroxyl groups excluding tert-OH is 1. The molecule has 1 heterocycles. The van der Waals surface area contributed by atoms with Gasteiger partial charge in [0.1, 0.15) is 12.4 Å². The summed E-state index contributed by atoms with van der Waals surface area (Å²) in [5, 5.41) is 9.49. The van der Waals surface area contributed by atoms with Gasteiger partial charge in [0.2, 0.25) is 5.91 Å². The Labute approximate surface area is 148 Å². The molecule has 2 aromatic carbocycles. The van der Waals surface area contributed by atoms with Crippen LogP contribution in [-0.2, 0) is 11.4 Å². The SMILES string of the molecule is O=C(C=Cc1ccc(OCc2ccccc2)cc1)N1CCC(O)CC1. The highest BCUT2D eigenvalue weighted by Crippen LogP contribution is 2.16. The second-order valence-corrected chi connectivity index (χ2v) is 6.23. The van der Waals surface area contributed by atoms with E-state index in [1.54, 1.807) is 11.0 Å². The molecule has 130 valence electrons. The summed E-state index contributed by atoms with van der Waals surface area (Å²) in [7, 11) is 0. The number of carbonyl (C=O) groups is 1. The zero-order valence-electron chi connectivity index (χ0n) is 14.2. The van der Waals surface area contributed by atoms with Crippen molar-refractivity contribution in [3.8, 4) is 5.75 Å². The van der Waals surface area contributed by atoms with Crippen LogP contribution in [-0.4, -0.2) is 35.1 Å². The fourth-order valence-corrected chi connectivity index (χ4v) is 2.78. The fraction of sp³-hybridized carbons (Fsp3) is 0.286. The minimum absolute atomic E-state index is 0.00342. The van der Waals surface area contributed by atoms with E-state index in [-0.39, 0.29) is 12.0 Å². The first-order valence-corrected chi connectivity index (χ1v) is 8.62. The lowest BCUT2D eigenvalue weighted by atomic mass is 10.1. The molecule has 3 rings (SSSR count). The van der Waals surface area contributed by atoms with Gasteiger partial charge in [-0.3, -0.25) is 4.79 Å². The van der Waals surface area contributed by atoms with Crippen molar-refractivity contribution in [1.29, 1.82) is 0 Å². The molecule has 4 heteroatoms. The maximum Gasteiger partial charge on any atom is 0.246 e. The molecular weight excluding hydrogens is 314 g/mol. The van der Waals surface area contributed by atoms with Crippen LogP contribution in [0.3, 0.4) is 0 Å². The second-order valence-electron chi connectivity index (χ2n) is 6.23. The zero-order valence-corrected chi connectivity index (χ0v) is 14.2. The standard InChI is InChI=1S/C21H23NO3/c23-19-12-14-22(15-13-19)21(24)11-8-17-6-9-20(10-7-17)25-16-18-4-2-1-3-5-18/h1-11,19,23H,12-16H2. The average molecular weight is 337 g/mol. The van der Waals surface area contributed by atoms with Crippen molar-refractivity contribution in [2.45, 2.75) is 25.6 Å². The minimum Gasteiger partial charge on any atom is -0.489 e. The van der Waals surface area contributed by atoms with E-state index in [1.807, 2.05) is 60.7 Å². The fourth-order valence-electron chi connectivity index (χ4n) is 2.78. The number of aliphatic hydroxyl groups is 1. The van der Waals surface area contributed by atoms with Crippen molar-refractivity contribution in [2.24, 2.45) is 0 Å². The Balaban J connectivity index is 1.51. The number of ether oxygens (including phenoxy) is 1. The van der Waals surface area contributed by atoms with Gasteiger partial charge in [-0.1, -0.05) is 42.5 Å². The first kappa shape index (κ1) is 17.2. The van der Waals surface area contributed by atoms with E-state index >= 15 is 0 Å². The number of likely N-dealkylation sites (tertiary alicyclic amines) is 1. The Morgan fingerprint density at radius 1 is 1.08 bits per heavy atom. The second kappa shape index (κ2) is 8.49. The molecule has 1 aliphatic rings. The van der Waals surface area contributed by atoms with Gasteiger partial charge in [0.25, 0.3) is 0 Å². The van der Waals surface area contributed by atoms with Gasteiger partial charge in [0.15, 0.2) is 0 Å². The van der Waals surface area contributed by atoms with Crippen molar-refractivity contribution in [1.82, 2.24) is 4.90 Å². The molecule has 0 saturated carbocycles. The highest BCUT2D eigenvalue weighted by Gasteiger charge is 2.19. The Kier molecular flexibility index (Phi) is 5.86. The van der Waals surface area contributed by atoms with E-state index in [9.17, 15) is 9.90 Å². The monoisotopic (exact) mass is 337 g/mol. The van der Waals surface area contributed by atoms with Crippen molar-refractivity contribution < 1.29 is 14.6 Å². The highest BCUT2D eigenvalue weighted by atomic mass is 16.5. The minimum atomic E-state index is -0.267. The summed E-state index contributed by atoms with van der Waals surface area (Å²) in [4.78, 5) is 13.9. The lowest BCUT2D eigenvalue weighted by Crippen LogP contribution is -2.39. The number of hydrogen-bond donors (Lipinski definition) is 1. The predicted octanol–water partition coefficient (Wildman–Crippen LogP) is 3.26. The number of rotatable bonds is 5.